The normalized spacial score (nSPS) is 11.7. The second-order valence-corrected chi connectivity index (χ2v) is 8.03. The van der Waals surface area contributed by atoms with Gasteiger partial charge in [-0.25, -0.2) is 0 Å². The third kappa shape index (κ3) is 6.56. The van der Waals surface area contributed by atoms with E-state index in [2.05, 4.69) is 20.8 Å². The molecule has 148 valence electrons. The van der Waals surface area contributed by atoms with Crippen molar-refractivity contribution in [2.75, 3.05) is 39.8 Å². The molecule has 2 N–H and O–H groups in total. The lowest BCUT2D eigenvalue weighted by Gasteiger charge is -2.12. The van der Waals surface area contributed by atoms with Gasteiger partial charge in [0.2, 0.25) is 11.0 Å². The van der Waals surface area contributed by atoms with Crippen LogP contribution in [0.25, 0.3) is 0 Å². The van der Waals surface area contributed by atoms with E-state index in [0.29, 0.717) is 36.3 Å². The van der Waals surface area contributed by atoms with Crippen LogP contribution in [0.3, 0.4) is 0 Å². The minimum absolute atomic E-state index is 0.0705. The number of carbonyl (C=O) groups is 1. The van der Waals surface area contributed by atoms with Crippen LogP contribution in [-0.4, -0.2) is 55.8 Å². The zero-order chi connectivity index (χ0) is 19.6. The van der Waals surface area contributed by atoms with Gasteiger partial charge < -0.3 is 24.8 Å². The van der Waals surface area contributed by atoms with E-state index in [4.69, 9.17) is 14.2 Å². The zero-order valence-electron chi connectivity index (χ0n) is 15.8. The SMILES string of the molecule is COCCNc1nnc(SC(C)C(=O)NCc2ccc(OC)c(OC)c2)s1. The lowest BCUT2D eigenvalue weighted by atomic mass is 10.2. The molecule has 0 radical (unpaired) electrons. The molecule has 2 rings (SSSR count). The number of thioether (sulfide) groups is 1. The minimum atomic E-state index is -0.287. The molecular formula is C17H24N4O4S2. The molecule has 0 aliphatic heterocycles. The highest BCUT2D eigenvalue weighted by atomic mass is 32.2. The number of aromatic nitrogens is 2. The van der Waals surface area contributed by atoms with Gasteiger partial charge in [0.15, 0.2) is 15.8 Å². The predicted molar refractivity (Wildman–Crippen MR) is 107 cm³/mol. The molecule has 2 aromatic rings. The first kappa shape index (κ1) is 21.3. The summed E-state index contributed by atoms with van der Waals surface area (Å²) in [5, 5.41) is 14.6. The van der Waals surface area contributed by atoms with E-state index < -0.39 is 0 Å². The summed E-state index contributed by atoms with van der Waals surface area (Å²) < 4.78 is 16.2. The fourth-order valence-electron chi connectivity index (χ4n) is 2.12. The van der Waals surface area contributed by atoms with E-state index >= 15 is 0 Å². The first-order valence-electron chi connectivity index (χ1n) is 8.29. The lowest BCUT2D eigenvalue weighted by molar-refractivity contribution is -0.120. The van der Waals surface area contributed by atoms with Gasteiger partial charge in [-0.05, 0) is 24.6 Å². The van der Waals surface area contributed by atoms with E-state index in [1.54, 1.807) is 21.3 Å². The Morgan fingerprint density at radius 1 is 1.22 bits per heavy atom. The molecule has 1 atom stereocenters. The Kier molecular flexibility index (Phi) is 8.62. The number of benzene rings is 1. The highest BCUT2D eigenvalue weighted by Crippen LogP contribution is 2.29. The lowest BCUT2D eigenvalue weighted by Crippen LogP contribution is -2.30. The highest BCUT2D eigenvalue weighted by molar-refractivity contribution is 8.02. The van der Waals surface area contributed by atoms with Crippen LogP contribution in [-0.2, 0) is 16.1 Å². The van der Waals surface area contributed by atoms with Crippen molar-refractivity contribution >= 4 is 34.1 Å². The summed E-state index contributed by atoms with van der Waals surface area (Å²) in [6.45, 7) is 3.51. The van der Waals surface area contributed by atoms with Gasteiger partial charge in [-0.1, -0.05) is 29.2 Å². The summed E-state index contributed by atoms with van der Waals surface area (Å²) in [6.07, 6.45) is 0. The molecule has 1 heterocycles. The van der Waals surface area contributed by atoms with E-state index in [1.165, 1.54) is 23.1 Å². The van der Waals surface area contributed by atoms with Crippen LogP contribution >= 0.6 is 23.1 Å². The third-order valence-electron chi connectivity index (χ3n) is 3.55. The molecule has 1 aromatic carbocycles. The van der Waals surface area contributed by atoms with Gasteiger partial charge in [0, 0.05) is 20.2 Å². The number of hydrogen-bond donors (Lipinski definition) is 2. The van der Waals surface area contributed by atoms with Gasteiger partial charge in [0.1, 0.15) is 0 Å². The molecule has 10 heteroatoms. The third-order valence-corrected chi connectivity index (χ3v) is 5.62. The maximum Gasteiger partial charge on any atom is 0.233 e. The van der Waals surface area contributed by atoms with Crippen LogP contribution in [0.1, 0.15) is 12.5 Å². The Morgan fingerprint density at radius 3 is 2.70 bits per heavy atom. The van der Waals surface area contributed by atoms with Crippen molar-refractivity contribution in [1.29, 1.82) is 0 Å². The summed E-state index contributed by atoms with van der Waals surface area (Å²) in [6, 6.07) is 5.56. The molecule has 1 amide bonds. The first-order valence-corrected chi connectivity index (χ1v) is 9.98. The first-order chi connectivity index (χ1) is 13.1. The highest BCUT2D eigenvalue weighted by Gasteiger charge is 2.17. The molecule has 1 aromatic heterocycles. The average Bonchev–Trinajstić information content (AvgIpc) is 3.13. The number of nitrogens with zero attached hydrogens (tertiary/aromatic N) is 2. The van der Waals surface area contributed by atoms with Crippen LogP contribution in [0.4, 0.5) is 5.13 Å². The molecule has 0 spiro atoms. The van der Waals surface area contributed by atoms with E-state index in [0.717, 1.165) is 9.90 Å². The predicted octanol–water partition coefficient (Wildman–Crippen LogP) is 2.41. The Balaban J connectivity index is 1.83. The van der Waals surface area contributed by atoms with Gasteiger partial charge in [0.05, 0.1) is 26.1 Å². The van der Waals surface area contributed by atoms with Gasteiger partial charge in [-0.15, -0.1) is 10.2 Å². The average molecular weight is 413 g/mol. The summed E-state index contributed by atoms with van der Waals surface area (Å²) in [7, 11) is 4.81. The monoisotopic (exact) mass is 412 g/mol. The minimum Gasteiger partial charge on any atom is -0.493 e. The number of rotatable bonds is 11. The molecule has 0 saturated heterocycles. The van der Waals surface area contributed by atoms with Gasteiger partial charge in [-0.3, -0.25) is 4.79 Å². The van der Waals surface area contributed by atoms with Crippen molar-refractivity contribution in [3.63, 3.8) is 0 Å². The Morgan fingerprint density at radius 2 is 2.00 bits per heavy atom. The smallest absolute Gasteiger partial charge is 0.233 e. The summed E-state index contributed by atoms with van der Waals surface area (Å²) in [4.78, 5) is 12.4. The maximum absolute atomic E-state index is 12.4. The molecule has 0 fully saturated rings. The molecule has 8 nitrogen and oxygen atoms in total. The molecule has 1 unspecified atom stereocenters. The fourth-order valence-corrected chi connectivity index (χ4v) is 4.06. The standard InChI is InChI=1S/C17H24N4O4S2/c1-11(26-17-21-20-16(27-17)18-7-8-23-2)15(22)19-10-12-5-6-13(24-3)14(9-12)25-4/h5-6,9,11H,7-8,10H2,1-4H3,(H,18,20)(H,19,22). The number of methoxy groups -OCH3 is 3. The number of nitrogens with one attached hydrogen (secondary N) is 2. The number of carbonyl (C=O) groups excluding carboxylic acids is 1. The quantitative estimate of drug-likeness (QED) is 0.429. The van der Waals surface area contributed by atoms with Crippen molar-refractivity contribution in [2.24, 2.45) is 0 Å². The Hall–Kier alpha value is -2.04. The van der Waals surface area contributed by atoms with Gasteiger partial charge >= 0.3 is 0 Å². The van der Waals surface area contributed by atoms with E-state index in [9.17, 15) is 4.79 Å². The molecular weight excluding hydrogens is 388 g/mol. The summed E-state index contributed by atoms with van der Waals surface area (Å²) in [5.74, 6) is 1.22. The van der Waals surface area contributed by atoms with Crippen molar-refractivity contribution in [2.45, 2.75) is 23.1 Å². The van der Waals surface area contributed by atoms with E-state index in [-0.39, 0.29) is 11.2 Å². The second kappa shape index (κ2) is 11.0. The number of ether oxygens (including phenoxy) is 3. The van der Waals surface area contributed by atoms with Crippen LogP contribution in [0.5, 0.6) is 11.5 Å². The summed E-state index contributed by atoms with van der Waals surface area (Å²) in [5.41, 5.74) is 0.929. The van der Waals surface area contributed by atoms with Crippen molar-refractivity contribution < 1.29 is 19.0 Å². The second-order valence-electron chi connectivity index (χ2n) is 5.46. The van der Waals surface area contributed by atoms with E-state index in [1.807, 2.05) is 25.1 Å². The number of hydrogen-bond acceptors (Lipinski definition) is 9. The van der Waals surface area contributed by atoms with Crippen LogP contribution < -0.4 is 20.1 Å². The van der Waals surface area contributed by atoms with Crippen LogP contribution in [0.2, 0.25) is 0 Å². The Bertz CT molecular complexity index is 741. The van der Waals surface area contributed by atoms with Crippen molar-refractivity contribution in [3.05, 3.63) is 23.8 Å². The molecule has 0 aliphatic rings. The zero-order valence-corrected chi connectivity index (χ0v) is 17.4. The van der Waals surface area contributed by atoms with Gasteiger partial charge in [-0.2, -0.15) is 0 Å². The van der Waals surface area contributed by atoms with Crippen molar-refractivity contribution in [1.82, 2.24) is 15.5 Å². The maximum atomic E-state index is 12.4. The number of amides is 1. The van der Waals surface area contributed by atoms with Gasteiger partial charge in [0.25, 0.3) is 0 Å². The van der Waals surface area contributed by atoms with Crippen LogP contribution in [0.15, 0.2) is 22.5 Å². The largest absolute Gasteiger partial charge is 0.493 e. The molecule has 0 bridgehead atoms. The topological polar surface area (TPSA) is 94.6 Å². The molecule has 0 saturated carbocycles. The Labute approximate surface area is 167 Å². The van der Waals surface area contributed by atoms with Crippen LogP contribution in [0, 0.1) is 0 Å². The molecule has 0 aliphatic carbocycles. The van der Waals surface area contributed by atoms with Crippen molar-refractivity contribution in [3.8, 4) is 11.5 Å². The number of anilines is 1. The summed E-state index contributed by atoms with van der Waals surface area (Å²) >= 11 is 2.79. The fraction of sp³-hybridized carbons (Fsp3) is 0.471. The molecule has 27 heavy (non-hydrogen) atoms.